The van der Waals surface area contributed by atoms with E-state index in [1.165, 1.54) is 4.31 Å². The van der Waals surface area contributed by atoms with Crippen LogP contribution in [0.5, 0.6) is 0 Å². The monoisotopic (exact) mass is 421 g/mol. The zero-order chi connectivity index (χ0) is 21.0. The molecule has 9 nitrogen and oxygen atoms in total. The fourth-order valence-electron chi connectivity index (χ4n) is 3.21. The second kappa shape index (κ2) is 9.02. The van der Waals surface area contributed by atoms with Gasteiger partial charge in [-0.05, 0) is 24.5 Å². The van der Waals surface area contributed by atoms with Crippen LogP contribution in [0.1, 0.15) is 41.8 Å². The number of morpholine rings is 1. The molecule has 1 fully saturated rings. The summed E-state index contributed by atoms with van der Waals surface area (Å²) >= 11 is 0. The van der Waals surface area contributed by atoms with E-state index >= 15 is 0 Å². The number of carbonyl (C=O) groups is 1. The van der Waals surface area contributed by atoms with Gasteiger partial charge in [0.1, 0.15) is 5.82 Å². The zero-order valence-electron chi connectivity index (χ0n) is 17.0. The number of benzene rings is 1. The van der Waals surface area contributed by atoms with Crippen LogP contribution >= 0.6 is 0 Å². The van der Waals surface area contributed by atoms with Gasteiger partial charge in [0.05, 0.1) is 24.7 Å². The van der Waals surface area contributed by atoms with Crippen LogP contribution < -0.4 is 5.32 Å². The number of ether oxygens (including phenoxy) is 1. The Morgan fingerprint density at radius 3 is 2.62 bits per heavy atom. The number of hydrogen-bond acceptors (Lipinski definition) is 6. The first-order chi connectivity index (χ1) is 13.8. The van der Waals surface area contributed by atoms with Gasteiger partial charge < -0.3 is 10.1 Å². The highest BCUT2D eigenvalue weighted by atomic mass is 32.2. The van der Waals surface area contributed by atoms with Crippen molar-refractivity contribution in [3.05, 3.63) is 41.5 Å². The number of rotatable bonds is 7. The normalized spacial score (nSPS) is 15.6. The van der Waals surface area contributed by atoms with Crippen molar-refractivity contribution >= 4 is 15.9 Å². The number of hydrogen-bond donors (Lipinski definition) is 1. The summed E-state index contributed by atoms with van der Waals surface area (Å²) in [6.45, 7) is 7.43. The van der Waals surface area contributed by atoms with Gasteiger partial charge in [0.15, 0.2) is 0 Å². The summed E-state index contributed by atoms with van der Waals surface area (Å²) in [6, 6.07) is 7.84. The van der Waals surface area contributed by atoms with Crippen molar-refractivity contribution in [1.82, 2.24) is 24.4 Å². The van der Waals surface area contributed by atoms with Crippen molar-refractivity contribution in [2.24, 2.45) is 0 Å². The Balaban J connectivity index is 1.66. The van der Waals surface area contributed by atoms with Gasteiger partial charge in [-0.25, -0.2) is 18.1 Å². The van der Waals surface area contributed by atoms with Crippen LogP contribution in [0.4, 0.5) is 0 Å². The Labute approximate surface area is 171 Å². The van der Waals surface area contributed by atoms with Gasteiger partial charge in [0.2, 0.25) is 15.8 Å². The summed E-state index contributed by atoms with van der Waals surface area (Å²) in [5.74, 6) is 0.228. The standard InChI is InChI=1S/C19H27N5O4S/c1-14(2)16-6-4-5-7-17(16)24-15(3)21-18(22-24)19(25)20-8-13-29(26,27)23-9-11-28-12-10-23/h4-7,14H,8-13H2,1-3H3,(H,20,25). The molecule has 0 unspecified atom stereocenters. The molecule has 0 bridgehead atoms. The highest BCUT2D eigenvalue weighted by Gasteiger charge is 2.24. The Bertz CT molecular complexity index is 965. The second-order valence-corrected chi connectivity index (χ2v) is 9.28. The molecule has 2 heterocycles. The number of carbonyl (C=O) groups excluding carboxylic acids is 1. The van der Waals surface area contributed by atoms with E-state index in [9.17, 15) is 13.2 Å². The summed E-state index contributed by atoms with van der Waals surface area (Å²) < 4.78 is 32.9. The van der Waals surface area contributed by atoms with E-state index in [1.54, 1.807) is 11.6 Å². The highest BCUT2D eigenvalue weighted by Crippen LogP contribution is 2.23. The molecule has 0 radical (unpaired) electrons. The molecular weight excluding hydrogens is 394 g/mol. The predicted molar refractivity (Wildman–Crippen MR) is 109 cm³/mol. The van der Waals surface area contributed by atoms with Crippen molar-refractivity contribution in [1.29, 1.82) is 0 Å². The molecule has 1 aliphatic rings. The molecule has 1 aromatic carbocycles. The van der Waals surface area contributed by atoms with Crippen LogP contribution in [0.15, 0.2) is 24.3 Å². The van der Waals surface area contributed by atoms with E-state index in [-0.39, 0.29) is 24.0 Å². The number of para-hydroxylation sites is 1. The maximum Gasteiger partial charge on any atom is 0.291 e. The number of aromatic nitrogens is 3. The third kappa shape index (κ3) is 5.01. The largest absolute Gasteiger partial charge is 0.379 e. The van der Waals surface area contributed by atoms with Crippen molar-refractivity contribution in [2.75, 3.05) is 38.6 Å². The maximum atomic E-state index is 12.4. The number of aryl methyl sites for hydroxylation is 1. The summed E-state index contributed by atoms with van der Waals surface area (Å²) in [7, 11) is -3.43. The van der Waals surface area contributed by atoms with Gasteiger partial charge in [-0.3, -0.25) is 4.79 Å². The fraction of sp³-hybridized carbons (Fsp3) is 0.526. The first kappa shape index (κ1) is 21.4. The Morgan fingerprint density at radius 2 is 1.93 bits per heavy atom. The summed E-state index contributed by atoms with van der Waals surface area (Å²) in [6.07, 6.45) is 0. The average Bonchev–Trinajstić information content (AvgIpc) is 3.10. The lowest BCUT2D eigenvalue weighted by atomic mass is 10.0. The van der Waals surface area contributed by atoms with Crippen LogP contribution in [0.2, 0.25) is 0 Å². The molecule has 2 aromatic rings. The highest BCUT2D eigenvalue weighted by molar-refractivity contribution is 7.89. The molecule has 1 aromatic heterocycles. The minimum Gasteiger partial charge on any atom is -0.379 e. The first-order valence-electron chi connectivity index (χ1n) is 9.66. The molecule has 29 heavy (non-hydrogen) atoms. The maximum absolute atomic E-state index is 12.4. The number of amides is 1. The van der Waals surface area contributed by atoms with Crippen molar-refractivity contribution in [2.45, 2.75) is 26.7 Å². The van der Waals surface area contributed by atoms with Gasteiger partial charge in [0.25, 0.3) is 5.91 Å². The van der Waals surface area contributed by atoms with Crippen LogP contribution in [-0.2, 0) is 14.8 Å². The van der Waals surface area contributed by atoms with Gasteiger partial charge in [-0.15, -0.1) is 5.10 Å². The molecule has 0 atom stereocenters. The Hall–Kier alpha value is -2.30. The van der Waals surface area contributed by atoms with Crippen molar-refractivity contribution < 1.29 is 17.9 Å². The van der Waals surface area contributed by atoms with E-state index < -0.39 is 15.9 Å². The number of sulfonamides is 1. The van der Waals surface area contributed by atoms with Crippen molar-refractivity contribution in [3.8, 4) is 5.69 Å². The van der Waals surface area contributed by atoms with Gasteiger partial charge >= 0.3 is 0 Å². The van der Waals surface area contributed by atoms with E-state index in [1.807, 2.05) is 24.3 Å². The molecular formula is C19H27N5O4S. The lowest BCUT2D eigenvalue weighted by Gasteiger charge is -2.25. The van der Waals surface area contributed by atoms with Crippen LogP contribution in [-0.4, -0.2) is 72.0 Å². The molecule has 1 N–H and O–H groups in total. The summed E-state index contributed by atoms with van der Waals surface area (Å²) in [5, 5.41) is 6.95. The zero-order valence-corrected chi connectivity index (χ0v) is 17.8. The third-order valence-corrected chi connectivity index (χ3v) is 6.64. The SMILES string of the molecule is Cc1nc(C(=O)NCCS(=O)(=O)N2CCOCC2)nn1-c1ccccc1C(C)C. The minimum atomic E-state index is -3.43. The fourth-order valence-corrected chi connectivity index (χ4v) is 4.53. The summed E-state index contributed by atoms with van der Waals surface area (Å²) in [5.41, 5.74) is 1.98. The average molecular weight is 422 g/mol. The van der Waals surface area contributed by atoms with Crippen LogP contribution in [0, 0.1) is 6.92 Å². The molecule has 1 aliphatic heterocycles. The molecule has 158 valence electrons. The smallest absolute Gasteiger partial charge is 0.291 e. The van der Waals surface area contributed by atoms with Gasteiger partial charge in [-0.1, -0.05) is 32.0 Å². The predicted octanol–water partition coefficient (Wildman–Crippen LogP) is 1.09. The number of nitrogens with one attached hydrogen (secondary N) is 1. The lowest BCUT2D eigenvalue weighted by Crippen LogP contribution is -2.43. The second-order valence-electron chi connectivity index (χ2n) is 7.19. The Morgan fingerprint density at radius 1 is 1.24 bits per heavy atom. The quantitative estimate of drug-likeness (QED) is 0.717. The van der Waals surface area contributed by atoms with Gasteiger partial charge in [0, 0.05) is 19.6 Å². The minimum absolute atomic E-state index is 0.00527. The molecule has 0 saturated carbocycles. The molecule has 10 heteroatoms. The lowest BCUT2D eigenvalue weighted by molar-refractivity contribution is 0.0730. The Kier molecular flexibility index (Phi) is 6.66. The number of nitrogens with zero attached hydrogens (tertiary/aromatic N) is 4. The van der Waals surface area contributed by atoms with E-state index in [2.05, 4.69) is 29.2 Å². The summed E-state index contributed by atoms with van der Waals surface area (Å²) in [4.78, 5) is 16.7. The van der Waals surface area contributed by atoms with Crippen molar-refractivity contribution in [3.63, 3.8) is 0 Å². The van der Waals surface area contributed by atoms with E-state index in [0.717, 1.165) is 11.3 Å². The van der Waals surface area contributed by atoms with Gasteiger partial charge in [-0.2, -0.15) is 4.31 Å². The first-order valence-corrected chi connectivity index (χ1v) is 11.3. The molecule has 0 aliphatic carbocycles. The third-order valence-electron chi connectivity index (χ3n) is 4.77. The van der Waals surface area contributed by atoms with E-state index in [0.29, 0.717) is 32.1 Å². The molecule has 0 spiro atoms. The molecule has 3 rings (SSSR count). The van der Waals surface area contributed by atoms with E-state index in [4.69, 9.17) is 4.74 Å². The van der Waals surface area contributed by atoms with Crippen LogP contribution in [0.3, 0.4) is 0 Å². The molecule has 1 amide bonds. The topological polar surface area (TPSA) is 106 Å². The molecule has 1 saturated heterocycles. The van der Waals surface area contributed by atoms with Crippen LogP contribution in [0.25, 0.3) is 5.69 Å².